The van der Waals surface area contributed by atoms with Gasteiger partial charge in [-0.25, -0.2) is 0 Å². The van der Waals surface area contributed by atoms with Crippen LogP contribution in [0.2, 0.25) is 0 Å². The third kappa shape index (κ3) is 0.814. The molecular weight excluding hydrogens is 75.1 g/mol. The van der Waals surface area contributed by atoms with E-state index < -0.39 is 0 Å². The van der Waals surface area contributed by atoms with E-state index in [2.05, 4.69) is 11.2 Å². The second-order valence-corrected chi connectivity index (χ2v) is 1.65. The molecule has 1 rings (SSSR count). The highest BCUT2D eigenvalue weighted by molar-refractivity contribution is 5.50. The molecule has 1 N–H and O–H groups in total. The van der Waals surface area contributed by atoms with E-state index in [1.54, 1.807) is 0 Å². The molecular formula is C5H10N+. The highest BCUT2D eigenvalue weighted by Gasteiger charge is 1.93. The summed E-state index contributed by atoms with van der Waals surface area (Å²) in [6.07, 6.45) is 6.15. The molecule has 1 aliphatic rings. The maximum absolute atomic E-state index is 3.16. The first-order valence-electron chi connectivity index (χ1n) is 2.55. The van der Waals surface area contributed by atoms with Crippen molar-refractivity contribution >= 4 is 6.21 Å². The van der Waals surface area contributed by atoms with Gasteiger partial charge in [0, 0.05) is 12.8 Å². The SMILES string of the molecule is C1=[15NH+]CCCC1. The van der Waals surface area contributed by atoms with Crippen molar-refractivity contribution in [1.82, 2.24) is 0 Å². The van der Waals surface area contributed by atoms with Crippen molar-refractivity contribution in [2.24, 2.45) is 0 Å². The van der Waals surface area contributed by atoms with Gasteiger partial charge in [-0.1, -0.05) is 0 Å². The maximum atomic E-state index is 3.16. The Morgan fingerprint density at radius 3 is 2.50 bits per heavy atom. The average Bonchev–Trinajstić information content (AvgIpc) is 1.72. The molecule has 0 radical (unpaired) electrons. The van der Waals surface area contributed by atoms with Crippen LogP contribution in [0, 0.1) is 0 Å². The van der Waals surface area contributed by atoms with E-state index in [0.717, 1.165) is 0 Å². The van der Waals surface area contributed by atoms with Gasteiger partial charge in [0.2, 0.25) is 0 Å². The third-order valence-electron chi connectivity index (χ3n) is 1.06. The Bertz CT molecular complexity index is 49.0. The Morgan fingerprint density at radius 1 is 1.33 bits per heavy atom. The van der Waals surface area contributed by atoms with Crippen LogP contribution in [-0.4, -0.2) is 12.8 Å². The van der Waals surface area contributed by atoms with E-state index >= 15 is 0 Å². The van der Waals surface area contributed by atoms with Gasteiger partial charge in [0.25, 0.3) is 0 Å². The van der Waals surface area contributed by atoms with Gasteiger partial charge in [-0.3, -0.25) is 4.99 Å². The van der Waals surface area contributed by atoms with E-state index in [-0.39, 0.29) is 0 Å². The van der Waals surface area contributed by atoms with Crippen molar-refractivity contribution in [2.45, 2.75) is 19.3 Å². The Morgan fingerprint density at radius 2 is 2.33 bits per heavy atom. The van der Waals surface area contributed by atoms with E-state index in [9.17, 15) is 0 Å². The van der Waals surface area contributed by atoms with Gasteiger partial charge in [0.05, 0.1) is 0 Å². The zero-order chi connectivity index (χ0) is 4.24. The molecule has 1 heteroatoms. The van der Waals surface area contributed by atoms with Crippen molar-refractivity contribution in [1.29, 1.82) is 0 Å². The van der Waals surface area contributed by atoms with E-state index in [4.69, 9.17) is 0 Å². The summed E-state index contributed by atoms with van der Waals surface area (Å²) < 4.78 is 0. The number of hydrogen-bond donors (Lipinski definition) is 1. The minimum absolute atomic E-state index is 1.19. The fourth-order valence-corrected chi connectivity index (χ4v) is 0.678. The van der Waals surface area contributed by atoms with E-state index in [0.29, 0.717) is 0 Å². The van der Waals surface area contributed by atoms with Crippen LogP contribution in [0.15, 0.2) is 0 Å². The number of hydrogen-bond acceptors (Lipinski definition) is 0. The molecule has 0 saturated heterocycles. The first-order chi connectivity index (χ1) is 3.00. The van der Waals surface area contributed by atoms with Gasteiger partial charge >= 0.3 is 0 Å². The molecule has 0 aromatic carbocycles. The van der Waals surface area contributed by atoms with Gasteiger partial charge in [-0.05, 0) is 6.42 Å². The largest absolute Gasteiger partial charge is 0.252 e. The summed E-state index contributed by atoms with van der Waals surface area (Å²) in [4.78, 5) is 3.16. The summed E-state index contributed by atoms with van der Waals surface area (Å²) in [5, 5.41) is 0. The molecule has 0 fully saturated rings. The smallest absolute Gasteiger partial charge is 0.140 e. The lowest BCUT2D eigenvalue weighted by Gasteiger charge is -1.91. The third-order valence-corrected chi connectivity index (χ3v) is 1.06. The zero-order valence-electron chi connectivity index (χ0n) is 3.91. The summed E-state index contributed by atoms with van der Waals surface area (Å²) in [7, 11) is 0. The quantitative estimate of drug-likeness (QED) is 0.375. The highest BCUT2D eigenvalue weighted by Crippen LogP contribution is 1.88. The topological polar surface area (TPSA) is 14.0 Å². The van der Waals surface area contributed by atoms with Gasteiger partial charge in [-0.2, -0.15) is 0 Å². The first-order valence-corrected chi connectivity index (χ1v) is 2.55. The standard InChI is InChI=1S/C5H9N/c1-2-4-6-5-3-1/h4H,1-3,5H2/p+1/i6+1. The van der Waals surface area contributed by atoms with E-state index in [1.807, 2.05) is 0 Å². The molecule has 6 heavy (non-hydrogen) atoms. The Labute approximate surface area is 38.1 Å². The predicted molar refractivity (Wildman–Crippen MR) is 25.7 cm³/mol. The maximum Gasteiger partial charge on any atom is 0.140 e. The minimum atomic E-state index is 1.19. The Hall–Kier alpha value is -0.330. The predicted octanol–water partition coefficient (Wildman–Crippen LogP) is -0.678. The molecule has 0 bridgehead atoms. The van der Waals surface area contributed by atoms with Crippen LogP contribution in [0.5, 0.6) is 0 Å². The fraction of sp³-hybridized carbons (Fsp3) is 0.800. The van der Waals surface area contributed by atoms with Crippen LogP contribution in [0.3, 0.4) is 0 Å². The van der Waals surface area contributed by atoms with Crippen LogP contribution in [0.25, 0.3) is 0 Å². The summed E-state index contributed by atoms with van der Waals surface area (Å²) in [6, 6.07) is 0. The van der Waals surface area contributed by atoms with Crippen molar-refractivity contribution in [2.75, 3.05) is 6.54 Å². The molecule has 1 aliphatic heterocycles. The normalized spacial score (nSPS) is 21.3. The number of rotatable bonds is 0. The Kier molecular flexibility index (Phi) is 1.25. The molecule has 0 aromatic rings. The average molecular weight is 85.1 g/mol. The van der Waals surface area contributed by atoms with E-state index in [1.165, 1.54) is 25.8 Å². The monoisotopic (exact) mass is 85.1 g/mol. The van der Waals surface area contributed by atoms with Crippen LogP contribution in [0.1, 0.15) is 19.3 Å². The first kappa shape index (κ1) is 3.85. The summed E-state index contributed by atoms with van der Waals surface area (Å²) in [5.41, 5.74) is 0. The summed E-state index contributed by atoms with van der Waals surface area (Å²) >= 11 is 0. The molecule has 0 spiro atoms. The molecule has 1 heterocycles. The molecule has 34 valence electrons. The minimum Gasteiger partial charge on any atom is -0.252 e. The number of nitrogens with one attached hydrogen (secondary N) is 1. The molecule has 0 atom stereocenters. The lowest BCUT2D eigenvalue weighted by atomic mass is 10.2. The second kappa shape index (κ2) is 1.96. The Balaban J connectivity index is 2.26. The molecule has 0 amide bonds. The molecule has 0 aromatic heterocycles. The van der Waals surface area contributed by atoms with Crippen molar-refractivity contribution in [3.8, 4) is 0 Å². The van der Waals surface area contributed by atoms with Crippen molar-refractivity contribution in [3.05, 3.63) is 0 Å². The summed E-state index contributed by atoms with van der Waals surface area (Å²) in [5.74, 6) is 0. The van der Waals surface area contributed by atoms with Gasteiger partial charge in [0.1, 0.15) is 12.8 Å². The summed E-state index contributed by atoms with van der Waals surface area (Å²) in [6.45, 7) is 1.19. The van der Waals surface area contributed by atoms with Crippen LogP contribution >= 0.6 is 0 Å². The van der Waals surface area contributed by atoms with Crippen molar-refractivity contribution in [3.63, 3.8) is 0 Å². The zero-order valence-corrected chi connectivity index (χ0v) is 3.91. The molecule has 0 unspecified atom stereocenters. The fourth-order valence-electron chi connectivity index (χ4n) is 0.678. The van der Waals surface area contributed by atoms with Gasteiger partial charge < -0.3 is 0 Å². The molecule has 0 aliphatic carbocycles. The lowest BCUT2D eigenvalue weighted by molar-refractivity contribution is -0.457. The molecule has 1 nitrogen and oxygen atoms in total. The lowest BCUT2D eigenvalue weighted by Crippen LogP contribution is -2.70. The highest BCUT2D eigenvalue weighted by atomic mass is 15.5. The van der Waals surface area contributed by atoms with Crippen molar-refractivity contribution < 1.29 is 4.99 Å². The van der Waals surface area contributed by atoms with Gasteiger partial charge in [-0.15, -0.1) is 0 Å². The van der Waals surface area contributed by atoms with Crippen LogP contribution in [-0.2, 0) is 0 Å². The van der Waals surface area contributed by atoms with Crippen LogP contribution in [0.4, 0.5) is 0 Å². The molecule has 0 saturated carbocycles. The van der Waals surface area contributed by atoms with Gasteiger partial charge in [0.15, 0.2) is 0 Å². The van der Waals surface area contributed by atoms with Crippen LogP contribution < -0.4 is 4.99 Å². The second-order valence-electron chi connectivity index (χ2n) is 1.65.